The van der Waals surface area contributed by atoms with Gasteiger partial charge in [0, 0.05) is 6.54 Å². The van der Waals surface area contributed by atoms with Crippen molar-refractivity contribution in [2.45, 2.75) is 51.9 Å². The van der Waals surface area contributed by atoms with Crippen LogP contribution in [0.1, 0.15) is 44.3 Å². The second kappa shape index (κ2) is 6.00. The Kier molecular flexibility index (Phi) is 4.92. The highest BCUT2D eigenvalue weighted by Crippen LogP contribution is 2.26. The van der Waals surface area contributed by atoms with E-state index < -0.39 is 12.0 Å². The summed E-state index contributed by atoms with van der Waals surface area (Å²) in [4.78, 5) is 3.40. The number of hydrogen-bond acceptors (Lipinski definition) is 3. The van der Waals surface area contributed by atoms with Gasteiger partial charge in [-0.25, -0.2) is 9.67 Å². The number of nitrogens with zero attached hydrogens (tertiary/aromatic N) is 3. The van der Waals surface area contributed by atoms with Crippen LogP contribution in [0.4, 0.5) is 13.2 Å². The second-order valence-electron chi connectivity index (χ2n) is 3.84. The number of aromatic nitrogens is 3. The molecule has 1 rings (SSSR count). The lowest BCUT2D eigenvalue weighted by Gasteiger charge is -2.03. The molecule has 4 nitrogen and oxygen atoms in total. The van der Waals surface area contributed by atoms with Crippen LogP contribution in [0.2, 0.25) is 0 Å². The van der Waals surface area contributed by atoms with Gasteiger partial charge in [0.2, 0.25) is 0 Å². The van der Waals surface area contributed by atoms with Crippen LogP contribution in [0.3, 0.4) is 0 Å². The van der Waals surface area contributed by atoms with Crippen molar-refractivity contribution in [3.63, 3.8) is 0 Å². The minimum Gasteiger partial charge on any atom is -0.324 e. The molecule has 98 valence electrons. The topological polar surface area (TPSA) is 56.7 Å². The van der Waals surface area contributed by atoms with Gasteiger partial charge >= 0.3 is 6.18 Å². The van der Waals surface area contributed by atoms with Crippen molar-refractivity contribution >= 4 is 0 Å². The highest BCUT2D eigenvalue weighted by Gasteiger charge is 2.36. The molecule has 1 aromatic heterocycles. The summed E-state index contributed by atoms with van der Waals surface area (Å²) in [5.74, 6) is -0.915. The Labute approximate surface area is 98.0 Å². The molecule has 2 N–H and O–H groups in total. The van der Waals surface area contributed by atoms with E-state index in [9.17, 15) is 13.2 Å². The molecule has 1 aromatic rings. The minimum atomic E-state index is -4.50. The van der Waals surface area contributed by atoms with Crippen LogP contribution in [0, 0.1) is 0 Å². The van der Waals surface area contributed by atoms with Crippen molar-refractivity contribution in [3.8, 4) is 0 Å². The number of alkyl halides is 3. The molecule has 0 saturated heterocycles. The normalized spacial score (nSPS) is 12.1. The van der Waals surface area contributed by atoms with Gasteiger partial charge in [0.05, 0.1) is 6.54 Å². The number of rotatable bonds is 6. The molecule has 0 spiro atoms. The first kappa shape index (κ1) is 14.0. The maximum Gasteiger partial charge on any atom is 0.453 e. The van der Waals surface area contributed by atoms with Gasteiger partial charge in [-0.05, 0) is 6.42 Å². The zero-order valence-electron chi connectivity index (χ0n) is 9.80. The first-order valence-electron chi connectivity index (χ1n) is 5.70. The molecule has 0 saturated carbocycles. The Hall–Kier alpha value is -1.11. The van der Waals surface area contributed by atoms with E-state index in [-0.39, 0.29) is 12.4 Å². The van der Waals surface area contributed by atoms with Crippen molar-refractivity contribution in [1.29, 1.82) is 0 Å². The highest BCUT2D eigenvalue weighted by atomic mass is 19.4. The number of nitrogens with two attached hydrogens (primary N) is 1. The van der Waals surface area contributed by atoms with Gasteiger partial charge in [-0.1, -0.05) is 26.2 Å². The molecular weight excluding hydrogens is 233 g/mol. The Morgan fingerprint density at radius 3 is 2.47 bits per heavy atom. The van der Waals surface area contributed by atoms with Crippen molar-refractivity contribution in [2.24, 2.45) is 5.73 Å². The first-order chi connectivity index (χ1) is 7.99. The molecule has 0 unspecified atom stereocenters. The lowest BCUT2D eigenvalue weighted by Crippen LogP contribution is -2.10. The van der Waals surface area contributed by atoms with Crippen molar-refractivity contribution in [1.82, 2.24) is 14.8 Å². The van der Waals surface area contributed by atoms with E-state index >= 15 is 0 Å². The van der Waals surface area contributed by atoms with E-state index in [4.69, 9.17) is 5.73 Å². The molecule has 0 aliphatic heterocycles. The van der Waals surface area contributed by atoms with Crippen molar-refractivity contribution in [3.05, 3.63) is 11.6 Å². The Balaban J connectivity index is 2.67. The molecule has 17 heavy (non-hydrogen) atoms. The lowest BCUT2D eigenvalue weighted by atomic mass is 10.2. The van der Waals surface area contributed by atoms with Gasteiger partial charge in [0.25, 0.3) is 5.82 Å². The monoisotopic (exact) mass is 250 g/mol. The number of aryl methyl sites for hydroxylation is 1. The molecule has 0 radical (unpaired) electrons. The Morgan fingerprint density at radius 2 is 1.94 bits per heavy atom. The van der Waals surface area contributed by atoms with Gasteiger partial charge in [-0.3, -0.25) is 0 Å². The van der Waals surface area contributed by atoms with Crippen LogP contribution in [-0.4, -0.2) is 14.8 Å². The molecule has 0 bridgehead atoms. The van der Waals surface area contributed by atoms with E-state index in [0.29, 0.717) is 6.54 Å². The summed E-state index contributed by atoms with van der Waals surface area (Å²) >= 11 is 0. The summed E-state index contributed by atoms with van der Waals surface area (Å²) in [6.07, 6.45) is -0.588. The van der Waals surface area contributed by atoms with Crippen LogP contribution in [-0.2, 0) is 19.3 Å². The highest BCUT2D eigenvalue weighted by molar-refractivity contribution is 4.96. The number of hydrogen-bond donors (Lipinski definition) is 1. The summed E-state index contributed by atoms with van der Waals surface area (Å²) in [6, 6.07) is 0. The van der Waals surface area contributed by atoms with E-state index in [2.05, 4.69) is 17.0 Å². The summed E-state index contributed by atoms with van der Waals surface area (Å²) in [5.41, 5.74) is 5.35. The van der Waals surface area contributed by atoms with Crippen LogP contribution < -0.4 is 5.73 Å². The van der Waals surface area contributed by atoms with Gasteiger partial charge in [0.1, 0.15) is 5.82 Å². The predicted octanol–water partition coefficient (Wildman–Crippen LogP) is 2.34. The average molecular weight is 250 g/mol. The largest absolute Gasteiger partial charge is 0.453 e. The summed E-state index contributed by atoms with van der Waals surface area (Å²) in [6.45, 7) is 2.48. The van der Waals surface area contributed by atoms with E-state index in [1.165, 1.54) is 4.68 Å². The summed E-state index contributed by atoms with van der Waals surface area (Å²) < 4.78 is 38.4. The predicted molar refractivity (Wildman–Crippen MR) is 57.1 cm³/mol. The maximum atomic E-state index is 12.4. The fourth-order valence-corrected chi connectivity index (χ4v) is 1.51. The van der Waals surface area contributed by atoms with E-state index in [0.717, 1.165) is 25.7 Å². The molecule has 0 aliphatic rings. The molecule has 1 heterocycles. The van der Waals surface area contributed by atoms with Gasteiger partial charge < -0.3 is 5.73 Å². The molecule has 0 amide bonds. The third kappa shape index (κ3) is 3.99. The fraction of sp³-hybridized carbons (Fsp3) is 0.800. The van der Waals surface area contributed by atoms with Crippen LogP contribution in [0.15, 0.2) is 0 Å². The molecular formula is C10H17F3N4. The summed E-state index contributed by atoms with van der Waals surface area (Å²) in [7, 11) is 0. The van der Waals surface area contributed by atoms with Gasteiger partial charge in [-0.2, -0.15) is 13.2 Å². The van der Waals surface area contributed by atoms with Crippen molar-refractivity contribution in [2.75, 3.05) is 0 Å². The summed E-state index contributed by atoms with van der Waals surface area (Å²) in [5, 5.41) is 3.45. The SMILES string of the molecule is CCCCCCn1nc(C(F)(F)F)nc1CN. The molecule has 0 aliphatic carbocycles. The van der Waals surface area contributed by atoms with Crippen LogP contribution in [0.25, 0.3) is 0 Å². The molecule has 7 heteroatoms. The zero-order chi connectivity index (χ0) is 12.9. The zero-order valence-corrected chi connectivity index (χ0v) is 9.80. The maximum absolute atomic E-state index is 12.4. The smallest absolute Gasteiger partial charge is 0.324 e. The Morgan fingerprint density at radius 1 is 1.24 bits per heavy atom. The fourth-order valence-electron chi connectivity index (χ4n) is 1.51. The first-order valence-corrected chi connectivity index (χ1v) is 5.70. The molecule has 0 fully saturated rings. The minimum absolute atomic E-state index is 0.0309. The Bertz CT molecular complexity index is 346. The molecule has 0 atom stereocenters. The van der Waals surface area contributed by atoms with Crippen molar-refractivity contribution < 1.29 is 13.2 Å². The third-order valence-electron chi connectivity index (χ3n) is 2.41. The standard InChI is InChI=1S/C10H17F3N4/c1-2-3-4-5-6-17-8(7-14)15-9(16-17)10(11,12)13/h2-7,14H2,1H3. The van der Waals surface area contributed by atoms with Crippen LogP contribution in [0.5, 0.6) is 0 Å². The quantitative estimate of drug-likeness (QED) is 0.788. The van der Waals surface area contributed by atoms with E-state index in [1.807, 2.05) is 0 Å². The van der Waals surface area contributed by atoms with E-state index in [1.54, 1.807) is 0 Å². The molecule has 0 aromatic carbocycles. The second-order valence-corrected chi connectivity index (χ2v) is 3.84. The van der Waals surface area contributed by atoms with Gasteiger partial charge in [0.15, 0.2) is 0 Å². The number of unbranched alkanes of at least 4 members (excludes halogenated alkanes) is 3. The van der Waals surface area contributed by atoms with Crippen LogP contribution >= 0.6 is 0 Å². The average Bonchev–Trinajstić information content (AvgIpc) is 2.67. The lowest BCUT2D eigenvalue weighted by molar-refractivity contribution is -0.145. The van der Waals surface area contributed by atoms with Gasteiger partial charge in [-0.15, -0.1) is 5.10 Å². The third-order valence-corrected chi connectivity index (χ3v) is 2.41. The number of halogens is 3.